The minimum Gasteiger partial charge on any atom is -0.494 e. The number of hydrogen-bond acceptors (Lipinski definition) is 3. The first kappa shape index (κ1) is 13.3. The first-order chi connectivity index (χ1) is 9.15. The van der Waals surface area contributed by atoms with Gasteiger partial charge < -0.3 is 9.30 Å². The Morgan fingerprint density at radius 2 is 2.26 bits per heavy atom. The average molecular weight is 262 g/mol. The van der Waals surface area contributed by atoms with E-state index in [0.29, 0.717) is 11.4 Å². The maximum Gasteiger partial charge on any atom is 0.170 e. The third-order valence-corrected chi connectivity index (χ3v) is 2.93. The van der Waals surface area contributed by atoms with Crippen LogP contribution in [0.15, 0.2) is 30.6 Å². The van der Waals surface area contributed by atoms with Crippen LogP contribution in [0.3, 0.4) is 0 Å². The Morgan fingerprint density at radius 3 is 2.89 bits per heavy atom. The van der Waals surface area contributed by atoms with Crippen LogP contribution in [0.2, 0.25) is 0 Å². The topological polar surface area (TPSA) is 44.1 Å². The molecule has 2 aromatic rings. The second-order valence-corrected chi connectivity index (χ2v) is 4.08. The summed E-state index contributed by atoms with van der Waals surface area (Å²) in [5, 5.41) is 0. The number of aromatic nitrogens is 2. The van der Waals surface area contributed by atoms with Crippen molar-refractivity contribution in [1.29, 1.82) is 0 Å². The molecule has 0 radical (unpaired) electrons. The van der Waals surface area contributed by atoms with Gasteiger partial charge in [0.2, 0.25) is 0 Å². The second-order valence-electron chi connectivity index (χ2n) is 4.08. The lowest BCUT2D eigenvalue weighted by molar-refractivity contribution is 0.0989. The summed E-state index contributed by atoms with van der Waals surface area (Å²) in [7, 11) is 1.39. The van der Waals surface area contributed by atoms with Crippen molar-refractivity contribution in [2.45, 2.75) is 19.9 Å². The predicted molar refractivity (Wildman–Crippen MR) is 68.9 cm³/mol. The Labute approximate surface area is 110 Å². The summed E-state index contributed by atoms with van der Waals surface area (Å²) >= 11 is 0. The highest BCUT2D eigenvalue weighted by Crippen LogP contribution is 2.18. The summed E-state index contributed by atoms with van der Waals surface area (Å²) in [6.45, 7) is 2.72. The lowest BCUT2D eigenvalue weighted by atomic mass is 10.1. The van der Waals surface area contributed by atoms with E-state index in [1.54, 1.807) is 12.3 Å². The van der Waals surface area contributed by atoms with Crippen LogP contribution >= 0.6 is 0 Å². The van der Waals surface area contributed by atoms with Gasteiger partial charge in [-0.2, -0.15) is 0 Å². The quantitative estimate of drug-likeness (QED) is 0.777. The molecular formula is C14H15FN2O2. The number of Topliss-reactive ketones (excluding diaryl/α,β-unsaturated/α-hetero) is 1. The highest BCUT2D eigenvalue weighted by atomic mass is 19.1. The molecule has 4 nitrogen and oxygen atoms in total. The van der Waals surface area contributed by atoms with Gasteiger partial charge in [-0.3, -0.25) is 4.79 Å². The maximum absolute atomic E-state index is 13.5. The summed E-state index contributed by atoms with van der Waals surface area (Å²) in [6, 6.07) is 4.21. The average Bonchev–Trinajstić information content (AvgIpc) is 2.85. The van der Waals surface area contributed by atoms with Crippen molar-refractivity contribution in [1.82, 2.24) is 9.55 Å². The van der Waals surface area contributed by atoms with Crippen LogP contribution in [0, 0.1) is 5.82 Å². The second kappa shape index (κ2) is 5.65. The van der Waals surface area contributed by atoms with Gasteiger partial charge >= 0.3 is 0 Å². The van der Waals surface area contributed by atoms with Crippen LogP contribution in [0.5, 0.6) is 5.75 Å². The maximum atomic E-state index is 13.5. The number of carbonyl (C=O) groups excluding carboxylic acids is 1. The molecule has 0 saturated carbocycles. The highest BCUT2D eigenvalue weighted by Gasteiger charge is 2.13. The number of benzene rings is 1. The zero-order valence-electron chi connectivity index (χ0n) is 10.9. The van der Waals surface area contributed by atoms with Gasteiger partial charge in [-0.25, -0.2) is 9.37 Å². The van der Waals surface area contributed by atoms with E-state index in [1.807, 2.05) is 17.7 Å². The van der Waals surface area contributed by atoms with E-state index in [4.69, 9.17) is 4.74 Å². The number of ketones is 1. The minimum atomic E-state index is -0.535. The number of imidazole rings is 1. The van der Waals surface area contributed by atoms with Crippen LogP contribution in [0.1, 0.15) is 23.1 Å². The number of ether oxygens (including phenoxy) is 1. The van der Waals surface area contributed by atoms with Crippen molar-refractivity contribution in [2.24, 2.45) is 0 Å². The molecule has 2 rings (SSSR count). The number of rotatable bonds is 5. The molecule has 0 aliphatic carbocycles. The van der Waals surface area contributed by atoms with E-state index in [9.17, 15) is 9.18 Å². The Bertz CT molecular complexity index is 593. The molecule has 0 saturated heterocycles. The van der Waals surface area contributed by atoms with Crippen molar-refractivity contribution >= 4 is 5.78 Å². The molecule has 0 unspecified atom stereocenters. The molecule has 1 aromatic heterocycles. The molecule has 0 N–H and O–H groups in total. The number of carbonyl (C=O) groups is 1. The number of hydrogen-bond donors (Lipinski definition) is 0. The molecule has 0 atom stereocenters. The lowest BCUT2D eigenvalue weighted by Crippen LogP contribution is -2.10. The van der Waals surface area contributed by atoms with E-state index < -0.39 is 5.82 Å². The number of halogens is 1. The summed E-state index contributed by atoms with van der Waals surface area (Å²) in [4.78, 5) is 16.2. The molecular weight excluding hydrogens is 247 g/mol. The highest BCUT2D eigenvalue weighted by molar-refractivity contribution is 5.97. The standard InChI is InChI=1S/C14H15FN2O2/c1-3-17-7-6-16-14(17)9-12(18)10-4-5-13(19-2)11(15)8-10/h4-8H,3,9H2,1-2H3. The molecule has 0 amide bonds. The molecule has 1 heterocycles. The predicted octanol–water partition coefficient (Wildman–Crippen LogP) is 2.48. The monoisotopic (exact) mass is 262 g/mol. The van der Waals surface area contributed by atoms with Crippen LogP contribution in [-0.2, 0) is 13.0 Å². The largest absolute Gasteiger partial charge is 0.494 e. The molecule has 0 aliphatic heterocycles. The van der Waals surface area contributed by atoms with Gasteiger partial charge in [0, 0.05) is 24.5 Å². The number of methoxy groups -OCH3 is 1. The molecule has 1 aromatic carbocycles. The normalized spacial score (nSPS) is 10.5. The van der Waals surface area contributed by atoms with Crippen molar-refractivity contribution in [3.63, 3.8) is 0 Å². The van der Waals surface area contributed by atoms with Gasteiger partial charge in [0.1, 0.15) is 5.82 Å². The SMILES string of the molecule is CCn1ccnc1CC(=O)c1ccc(OC)c(F)c1. The molecule has 0 aliphatic rings. The van der Waals surface area contributed by atoms with Gasteiger partial charge in [-0.05, 0) is 25.1 Å². The van der Waals surface area contributed by atoms with Crippen molar-refractivity contribution in [3.8, 4) is 5.75 Å². The smallest absolute Gasteiger partial charge is 0.170 e. The van der Waals surface area contributed by atoms with E-state index in [0.717, 1.165) is 6.54 Å². The zero-order valence-corrected chi connectivity index (χ0v) is 10.9. The Hall–Kier alpha value is -2.17. The van der Waals surface area contributed by atoms with Gasteiger partial charge in [0.15, 0.2) is 17.3 Å². The third kappa shape index (κ3) is 2.81. The number of nitrogens with zero attached hydrogens (tertiary/aromatic N) is 2. The Morgan fingerprint density at radius 1 is 1.47 bits per heavy atom. The number of aryl methyl sites for hydroxylation is 1. The van der Waals surface area contributed by atoms with E-state index in [-0.39, 0.29) is 18.0 Å². The third-order valence-electron chi connectivity index (χ3n) is 2.93. The van der Waals surface area contributed by atoms with Crippen LogP contribution in [0.4, 0.5) is 4.39 Å². The summed E-state index contributed by atoms with van der Waals surface area (Å²) in [6.07, 6.45) is 3.63. The molecule has 19 heavy (non-hydrogen) atoms. The molecule has 0 spiro atoms. The summed E-state index contributed by atoms with van der Waals surface area (Å²) in [5.74, 6) is 0.116. The van der Waals surface area contributed by atoms with E-state index in [2.05, 4.69) is 4.98 Å². The fourth-order valence-electron chi connectivity index (χ4n) is 1.88. The van der Waals surface area contributed by atoms with Crippen LogP contribution in [0.25, 0.3) is 0 Å². The van der Waals surface area contributed by atoms with E-state index >= 15 is 0 Å². The molecule has 0 fully saturated rings. The first-order valence-electron chi connectivity index (χ1n) is 6.02. The van der Waals surface area contributed by atoms with Gasteiger partial charge in [-0.1, -0.05) is 0 Å². The Balaban J connectivity index is 2.18. The van der Waals surface area contributed by atoms with E-state index in [1.165, 1.54) is 19.2 Å². The zero-order chi connectivity index (χ0) is 13.8. The van der Waals surface area contributed by atoms with Crippen molar-refractivity contribution in [2.75, 3.05) is 7.11 Å². The molecule has 100 valence electrons. The van der Waals surface area contributed by atoms with Crippen molar-refractivity contribution < 1.29 is 13.9 Å². The van der Waals surface area contributed by atoms with Gasteiger partial charge in [-0.15, -0.1) is 0 Å². The van der Waals surface area contributed by atoms with Crippen LogP contribution < -0.4 is 4.74 Å². The van der Waals surface area contributed by atoms with Gasteiger partial charge in [0.05, 0.1) is 13.5 Å². The molecule has 0 bridgehead atoms. The summed E-state index contributed by atoms with van der Waals surface area (Å²) < 4.78 is 20.2. The first-order valence-corrected chi connectivity index (χ1v) is 6.02. The molecule has 5 heteroatoms. The van der Waals surface area contributed by atoms with Gasteiger partial charge in [0.25, 0.3) is 0 Å². The lowest BCUT2D eigenvalue weighted by Gasteiger charge is -2.06. The summed E-state index contributed by atoms with van der Waals surface area (Å²) in [5.41, 5.74) is 0.323. The minimum absolute atomic E-state index is 0.131. The Kier molecular flexibility index (Phi) is 3.94. The van der Waals surface area contributed by atoms with Crippen molar-refractivity contribution in [3.05, 3.63) is 47.8 Å². The fourth-order valence-corrected chi connectivity index (χ4v) is 1.88. The fraction of sp³-hybridized carbons (Fsp3) is 0.286. The van der Waals surface area contributed by atoms with Crippen LogP contribution in [-0.4, -0.2) is 22.4 Å².